The van der Waals surface area contributed by atoms with E-state index in [1.165, 1.54) is 12.8 Å². The minimum Gasteiger partial charge on any atom is -0.381 e. The Labute approximate surface area is 151 Å². The summed E-state index contributed by atoms with van der Waals surface area (Å²) in [7, 11) is 0. The van der Waals surface area contributed by atoms with E-state index in [1.54, 1.807) is 0 Å². The van der Waals surface area contributed by atoms with Gasteiger partial charge in [-0.15, -0.1) is 0 Å². The summed E-state index contributed by atoms with van der Waals surface area (Å²) in [5.41, 5.74) is 0. The van der Waals surface area contributed by atoms with Gasteiger partial charge in [-0.05, 0) is 25.7 Å². The van der Waals surface area contributed by atoms with E-state index in [4.69, 9.17) is 4.74 Å². The molecular formula is C20H38F4O. The van der Waals surface area contributed by atoms with Crippen LogP contribution < -0.4 is 0 Å². The van der Waals surface area contributed by atoms with E-state index >= 15 is 0 Å². The van der Waals surface area contributed by atoms with Crippen molar-refractivity contribution in [1.29, 1.82) is 0 Å². The molecule has 0 fully saturated rings. The summed E-state index contributed by atoms with van der Waals surface area (Å²) < 4.78 is 53.3. The Hall–Kier alpha value is -0.320. The summed E-state index contributed by atoms with van der Waals surface area (Å²) in [4.78, 5) is 0. The van der Waals surface area contributed by atoms with Crippen LogP contribution in [-0.2, 0) is 4.74 Å². The average molecular weight is 371 g/mol. The monoisotopic (exact) mass is 370 g/mol. The third-order valence-electron chi connectivity index (χ3n) is 4.42. The lowest BCUT2D eigenvalue weighted by atomic mass is 10.1. The molecule has 0 N–H and O–H groups in total. The van der Waals surface area contributed by atoms with Crippen molar-refractivity contribution in [2.24, 2.45) is 0 Å². The van der Waals surface area contributed by atoms with Gasteiger partial charge < -0.3 is 4.74 Å². The molecule has 0 saturated heterocycles. The van der Waals surface area contributed by atoms with E-state index in [-0.39, 0.29) is 12.8 Å². The standard InChI is InChI=1S/C20H38F4O/c21-19(22)15-11-7-3-1-5-9-13-17-25-18-14-10-6-2-4-8-12-16-20(23)24/h19-20H,1-18H2. The Bertz CT molecular complexity index is 226. The highest BCUT2D eigenvalue weighted by atomic mass is 19.3. The van der Waals surface area contributed by atoms with Gasteiger partial charge in [-0.2, -0.15) is 0 Å². The number of hydrogen-bond donors (Lipinski definition) is 0. The molecule has 0 saturated carbocycles. The third-order valence-corrected chi connectivity index (χ3v) is 4.42. The van der Waals surface area contributed by atoms with Crippen LogP contribution in [0.4, 0.5) is 17.6 Å². The molecule has 5 heteroatoms. The fourth-order valence-corrected chi connectivity index (χ4v) is 2.88. The van der Waals surface area contributed by atoms with Crippen LogP contribution in [0.5, 0.6) is 0 Å². The highest BCUT2D eigenvalue weighted by Gasteiger charge is 2.01. The number of rotatable bonds is 20. The van der Waals surface area contributed by atoms with Gasteiger partial charge in [0.1, 0.15) is 0 Å². The maximum absolute atomic E-state index is 11.9. The number of halogens is 4. The minimum atomic E-state index is -2.14. The lowest BCUT2D eigenvalue weighted by Gasteiger charge is -2.05. The molecule has 0 unspecified atom stereocenters. The lowest BCUT2D eigenvalue weighted by Crippen LogP contribution is -1.97. The summed E-state index contributed by atoms with van der Waals surface area (Å²) in [5, 5.41) is 0. The van der Waals surface area contributed by atoms with Gasteiger partial charge in [-0.25, -0.2) is 17.6 Å². The van der Waals surface area contributed by atoms with E-state index in [1.807, 2.05) is 0 Å². The van der Waals surface area contributed by atoms with E-state index in [0.29, 0.717) is 12.8 Å². The van der Waals surface area contributed by atoms with Crippen molar-refractivity contribution in [3.05, 3.63) is 0 Å². The topological polar surface area (TPSA) is 9.23 Å². The molecule has 25 heavy (non-hydrogen) atoms. The molecule has 0 bridgehead atoms. The van der Waals surface area contributed by atoms with Crippen molar-refractivity contribution in [3.8, 4) is 0 Å². The molecular weight excluding hydrogens is 332 g/mol. The molecule has 0 rings (SSSR count). The van der Waals surface area contributed by atoms with E-state index in [9.17, 15) is 17.6 Å². The lowest BCUT2D eigenvalue weighted by molar-refractivity contribution is 0.125. The van der Waals surface area contributed by atoms with Gasteiger partial charge in [0.15, 0.2) is 0 Å². The quantitative estimate of drug-likeness (QED) is 0.157. The first kappa shape index (κ1) is 24.7. The first-order valence-electron chi connectivity index (χ1n) is 10.3. The number of hydrogen-bond acceptors (Lipinski definition) is 1. The molecule has 0 spiro atoms. The predicted octanol–water partition coefficient (Wildman–Crippen LogP) is 7.77. The molecule has 0 heterocycles. The Morgan fingerprint density at radius 3 is 1.00 bits per heavy atom. The van der Waals surface area contributed by atoms with E-state index in [2.05, 4.69) is 0 Å². The largest absolute Gasteiger partial charge is 0.381 e. The summed E-state index contributed by atoms with van der Waals surface area (Å²) >= 11 is 0. The Kier molecular flexibility index (Phi) is 19.7. The molecule has 0 aliphatic carbocycles. The maximum Gasteiger partial charge on any atom is 0.238 e. The van der Waals surface area contributed by atoms with Crippen LogP contribution in [0.2, 0.25) is 0 Å². The highest BCUT2D eigenvalue weighted by Crippen LogP contribution is 2.13. The van der Waals surface area contributed by atoms with Gasteiger partial charge in [0.25, 0.3) is 0 Å². The van der Waals surface area contributed by atoms with Gasteiger partial charge in [-0.1, -0.05) is 64.2 Å². The third kappa shape index (κ3) is 23.7. The van der Waals surface area contributed by atoms with Crippen LogP contribution in [0.15, 0.2) is 0 Å². The van der Waals surface area contributed by atoms with Crippen LogP contribution in [0.25, 0.3) is 0 Å². The summed E-state index contributed by atoms with van der Waals surface area (Å²) in [6, 6.07) is 0. The van der Waals surface area contributed by atoms with Crippen molar-refractivity contribution in [2.45, 2.75) is 116 Å². The van der Waals surface area contributed by atoms with Crippen molar-refractivity contribution >= 4 is 0 Å². The SMILES string of the molecule is FC(F)CCCCCCCCCOCCCCCCCCCC(F)F. The Morgan fingerprint density at radius 2 is 0.680 bits per heavy atom. The van der Waals surface area contributed by atoms with Crippen molar-refractivity contribution in [1.82, 2.24) is 0 Å². The van der Waals surface area contributed by atoms with Crippen LogP contribution in [0, 0.1) is 0 Å². The second kappa shape index (κ2) is 20.0. The van der Waals surface area contributed by atoms with Gasteiger partial charge in [0, 0.05) is 26.1 Å². The summed E-state index contributed by atoms with van der Waals surface area (Å²) in [5.74, 6) is 0. The smallest absolute Gasteiger partial charge is 0.238 e. The molecule has 0 aliphatic rings. The van der Waals surface area contributed by atoms with Crippen molar-refractivity contribution in [3.63, 3.8) is 0 Å². The van der Waals surface area contributed by atoms with Gasteiger partial charge in [0.05, 0.1) is 0 Å². The minimum absolute atomic E-state index is 0.0482. The Morgan fingerprint density at radius 1 is 0.400 bits per heavy atom. The number of alkyl halides is 4. The number of ether oxygens (including phenoxy) is 1. The molecule has 0 atom stereocenters. The van der Waals surface area contributed by atoms with Gasteiger partial charge >= 0.3 is 0 Å². The number of unbranched alkanes of at least 4 members (excludes halogenated alkanes) is 12. The maximum atomic E-state index is 11.9. The molecule has 0 aromatic carbocycles. The first-order chi connectivity index (χ1) is 12.1. The van der Waals surface area contributed by atoms with Crippen LogP contribution in [-0.4, -0.2) is 26.1 Å². The highest BCUT2D eigenvalue weighted by molar-refractivity contribution is 4.49. The average Bonchev–Trinajstić information content (AvgIpc) is 2.56. The zero-order valence-electron chi connectivity index (χ0n) is 15.8. The normalized spacial score (nSPS) is 11.8. The molecule has 0 amide bonds. The zero-order chi connectivity index (χ0) is 18.6. The van der Waals surface area contributed by atoms with Gasteiger partial charge in [-0.3, -0.25) is 0 Å². The van der Waals surface area contributed by atoms with Crippen LogP contribution in [0.3, 0.4) is 0 Å². The second-order valence-corrected chi connectivity index (χ2v) is 6.92. The van der Waals surface area contributed by atoms with Crippen molar-refractivity contribution in [2.75, 3.05) is 13.2 Å². The molecule has 0 aromatic rings. The van der Waals surface area contributed by atoms with Crippen LogP contribution in [0.1, 0.15) is 103 Å². The predicted molar refractivity (Wildman–Crippen MR) is 96.7 cm³/mol. The first-order valence-corrected chi connectivity index (χ1v) is 10.3. The van der Waals surface area contributed by atoms with Crippen molar-refractivity contribution < 1.29 is 22.3 Å². The summed E-state index contributed by atoms with van der Waals surface area (Å²) in [6.45, 7) is 1.64. The Balaban J connectivity index is 2.98. The zero-order valence-corrected chi connectivity index (χ0v) is 15.8. The van der Waals surface area contributed by atoms with E-state index in [0.717, 1.165) is 77.4 Å². The fraction of sp³-hybridized carbons (Fsp3) is 1.00. The molecule has 0 radical (unpaired) electrons. The molecule has 1 nitrogen and oxygen atoms in total. The van der Waals surface area contributed by atoms with E-state index < -0.39 is 12.9 Å². The van der Waals surface area contributed by atoms with Gasteiger partial charge in [0.2, 0.25) is 12.9 Å². The summed E-state index contributed by atoms with van der Waals surface area (Å²) in [6.07, 6.45) is 10.2. The molecule has 0 aliphatic heterocycles. The molecule has 152 valence electrons. The fourth-order valence-electron chi connectivity index (χ4n) is 2.88. The molecule has 0 aromatic heterocycles. The second-order valence-electron chi connectivity index (χ2n) is 6.92. The van der Waals surface area contributed by atoms with Crippen LogP contribution >= 0.6 is 0 Å².